The van der Waals surface area contributed by atoms with Crippen LogP contribution in [0, 0.1) is 6.92 Å². The highest BCUT2D eigenvalue weighted by atomic mass is 32.1. The van der Waals surface area contributed by atoms with Crippen LogP contribution in [0.25, 0.3) is 21.0 Å². The molecule has 0 fully saturated rings. The summed E-state index contributed by atoms with van der Waals surface area (Å²) in [5.74, 6) is -0.684. The first-order valence-corrected chi connectivity index (χ1v) is 13.3. The molecular weight excluding hydrogens is 520 g/mol. The fourth-order valence-electron chi connectivity index (χ4n) is 4.17. The largest absolute Gasteiger partial charge is 0.505 e. The third-order valence-corrected chi connectivity index (χ3v) is 7.07. The number of fused-ring (bicyclic) bond motifs is 2. The van der Waals surface area contributed by atoms with Crippen molar-refractivity contribution in [2.75, 3.05) is 5.32 Å². The number of hydrogen-bond acceptors (Lipinski definition) is 8. The number of para-hydroxylation sites is 1. The molecule has 5 aromatic carbocycles. The lowest BCUT2D eigenvalue weighted by Crippen LogP contribution is -2.12. The van der Waals surface area contributed by atoms with Gasteiger partial charge >= 0.3 is 0 Å². The van der Waals surface area contributed by atoms with E-state index in [9.17, 15) is 9.90 Å². The van der Waals surface area contributed by atoms with Crippen molar-refractivity contribution in [3.8, 4) is 5.75 Å². The molecule has 0 bridgehead atoms. The van der Waals surface area contributed by atoms with Gasteiger partial charge in [0.05, 0.1) is 27.2 Å². The molecule has 9 heteroatoms. The Morgan fingerprint density at radius 3 is 2.27 bits per heavy atom. The van der Waals surface area contributed by atoms with Gasteiger partial charge in [0.25, 0.3) is 5.91 Å². The number of carbonyl (C=O) groups is 1. The number of carbonyl (C=O) groups excluding carboxylic acids is 1. The summed E-state index contributed by atoms with van der Waals surface area (Å²) in [6.07, 6.45) is 0. The molecule has 0 aliphatic heterocycles. The van der Waals surface area contributed by atoms with Gasteiger partial charge in [-0.3, -0.25) is 4.79 Å². The third-order valence-electron chi connectivity index (χ3n) is 6.17. The highest BCUT2D eigenvalue weighted by Gasteiger charge is 2.18. The first kappa shape index (κ1) is 25.0. The van der Waals surface area contributed by atoms with Crippen molar-refractivity contribution in [1.29, 1.82) is 0 Å². The quantitative estimate of drug-likeness (QED) is 0.204. The standard InChI is InChI=1S/C31H22N6O2S/c1-19-11-16-26-27(17-19)40-31(33-26)37-35-23-14-12-22(13-15-23)34-36-28-24-10-6-5-7-20(24)18-25(29(28)38)30(39)32-21-8-3-2-4-9-21/h2-18,38H,1H3,(H,32,39). The van der Waals surface area contributed by atoms with Crippen molar-refractivity contribution < 1.29 is 9.90 Å². The summed E-state index contributed by atoms with van der Waals surface area (Å²) in [7, 11) is 0. The molecule has 1 aromatic heterocycles. The molecule has 0 radical (unpaired) electrons. The molecule has 2 N–H and O–H groups in total. The van der Waals surface area contributed by atoms with E-state index in [0.29, 0.717) is 27.6 Å². The molecule has 0 saturated heterocycles. The minimum atomic E-state index is -0.441. The second kappa shape index (κ2) is 10.8. The molecule has 1 amide bonds. The number of phenols is 1. The zero-order valence-electron chi connectivity index (χ0n) is 21.3. The van der Waals surface area contributed by atoms with Crippen molar-refractivity contribution >= 4 is 66.1 Å². The Bertz CT molecular complexity index is 1910. The van der Waals surface area contributed by atoms with Crippen LogP contribution in [0.1, 0.15) is 15.9 Å². The van der Waals surface area contributed by atoms with Crippen LogP contribution >= 0.6 is 11.3 Å². The second-order valence-electron chi connectivity index (χ2n) is 9.05. The molecule has 194 valence electrons. The monoisotopic (exact) mass is 542 g/mol. The number of nitrogens with zero attached hydrogens (tertiary/aromatic N) is 5. The SMILES string of the molecule is Cc1ccc2nc(N=Nc3ccc(N=Nc4c(O)c(C(=O)Nc5ccccc5)cc5ccccc45)cc3)sc2c1. The number of nitrogens with one attached hydrogen (secondary N) is 1. The summed E-state index contributed by atoms with van der Waals surface area (Å²) in [5, 5.41) is 33.1. The lowest BCUT2D eigenvalue weighted by molar-refractivity contribution is 0.102. The second-order valence-corrected chi connectivity index (χ2v) is 10.1. The van der Waals surface area contributed by atoms with Crippen LogP contribution in [0.5, 0.6) is 5.75 Å². The molecule has 40 heavy (non-hydrogen) atoms. The minimum Gasteiger partial charge on any atom is -0.505 e. The molecule has 0 spiro atoms. The Morgan fingerprint density at radius 1 is 0.800 bits per heavy atom. The first-order chi connectivity index (χ1) is 19.5. The topological polar surface area (TPSA) is 112 Å². The Labute approximate surface area is 233 Å². The summed E-state index contributed by atoms with van der Waals surface area (Å²) >= 11 is 1.49. The van der Waals surface area contributed by atoms with Gasteiger partial charge in [0.15, 0.2) is 5.75 Å². The van der Waals surface area contributed by atoms with Gasteiger partial charge in [-0.25, -0.2) is 4.98 Å². The number of rotatable bonds is 6. The van der Waals surface area contributed by atoms with Gasteiger partial charge in [0.1, 0.15) is 5.69 Å². The van der Waals surface area contributed by atoms with Crippen molar-refractivity contribution in [3.63, 3.8) is 0 Å². The predicted molar refractivity (Wildman–Crippen MR) is 159 cm³/mol. The maximum absolute atomic E-state index is 13.0. The van der Waals surface area contributed by atoms with E-state index in [-0.39, 0.29) is 17.0 Å². The number of benzene rings is 5. The number of thiazole rings is 1. The van der Waals surface area contributed by atoms with Gasteiger partial charge in [-0.15, -0.1) is 15.3 Å². The number of anilines is 1. The Kier molecular flexibility index (Phi) is 6.78. The maximum Gasteiger partial charge on any atom is 0.259 e. The lowest BCUT2D eigenvalue weighted by atomic mass is 10.0. The number of phenolic OH excluding ortho intramolecular Hbond substituents is 1. The molecule has 0 atom stereocenters. The van der Waals surface area contributed by atoms with E-state index in [4.69, 9.17) is 0 Å². The predicted octanol–water partition coefficient (Wildman–Crippen LogP) is 9.55. The van der Waals surface area contributed by atoms with Gasteiger partial charge in [-0.05, 0) is 72.5 Å². The van der Waals surface area contributed by atoms with Crippen LogP contribution in [0.15, 0.2) is 124 Å². The average molecular weight is 543 g/mol. The van der Waals surface area contributed by atoms with Crippen LogP contribution in [0.3, 0.4) is 0 Å². The van der Waals surface area contributed by atoms with Gasteiger partial charge in [-0.2, -0.15) is 5.11 Å². The van der Waals surface area contributed by atoms with Gasteiger partial charge < -0.3 is 10.4 Å². The number of aromatic nitrogens is 1. The minimum absolute atomic E-state index is 0.109. The highest BCUT2D eigenvalue weighted by Crippen LogP contribution is 2.40. The molecule has 1 heterocycles. The van der Waals surface area contributed by atoms with E-state index in [2.05, 4.69) is 36.8 Å². The van der Waals surface area contributed by atoms with E-state index >= 15 is 0 Å². The zero-order chi connectivity index (χ0) is 27.5. The summed E-state index contributed by atoms with van der Waals surface area (Å²) in [5.41, 5.74) is 4.21. The maximum atomic E-state index is 13.0. The van der Waals surface area contributed by atoms with Crippen LogP contribution < -0.4 is 5.32 Å². The lowest BCUT2D eigenvalue weighted by Gasteiger charge is -2.11. The number of aromatic hydroxyl groups is 1. The van der Waals surface area contributed by atoms with Crippen molar-refractivity contribution in [2.24, 2.45) is 20.5 Å². The van der Waals surface area contributed by atoms with E-state index in [1.165, 1.54) is 16.9 Å². The van der Waals surface area contributed by atoms with E-state index in [0.717, 1.165) is 15.6 Å². The van der Waals surface area contributed by atoms with E-state index < -0.39 is 5.91 Å². The highest BCUT2D eigenvalue weighted by molar-refractivity contribution is 7.21. The van der Waals surface area contributed by atoms with Gasteiger partial charge in [0, 0.05) is 11.1 Å². The average Bonchev–Trinajstić information content (AvgIpc) is 3.38. The zero-order valence-corrected chi connectivity index (χ0v) is 22.1. The normalized spacial score (nSPS) is 11.6. The van der Waals surface area contributed by atoms with Crippen LogP contribution in [0.2, 0.25) is 0 Å². The molecule has 6 rings (SSSR count). The summed E-state index contributed by atoms with van der Waals surface area (Å²) in [4.78, 5) is 17.5. The third kappa shape index (κ3) is 5.31. The number of aryl methyl sites for hydroxylation is 1. The fraction of sp³-hybridized carbons (Fsp3) is 0.0323. The van der Waals surface area contributed by atoms with Crippen molar-refractivity contribution in [1.82, 2.24) is 4.98 Å². The van der Waals surface area contributed by atoms with Crippen LogP contribution in [-0.2, 0) is 0 Å². The van der Waals surface area contributed by atoms with Gasteiger partial charge in [0.2, 0.25) is 5.13 Å². The van der Waals surface area contributed by atoms with E-state index in [1.54, 1.807) is 42.5 Å². The molecule has 0 saturated carbocycles. The van der Waals surface area contributed by atoms with Crippen LogP contribution in [-0.4, -0.2) is 16.0 Å². The Hall–Kier alpha value is -5.28. The smallest absolute Gasteiger partial charge is 0.259 e. The summed E-state index contributed by atoms with van der Waals surface area (Å²) in [6, 6.07) is 31.2. The molecule has 8 nitrogen and oxygen atoms in total. The molecule has 0 aliphatic carbocycles. The first-order valence-electron chi connectivity index (χ1n) is 12.5. The van der Waals surface area contributed by atoms with Gasteiger partial charge in [-0.1, -0.05) is 59.9 Å². The van der Waals surface area contributed by atoms with E-state index in [1.807, 2.05) is 61.5 Å². The number of azo groups is 2. The molecule has 0 aliphatic rings. The van der Waals surface area contributed by atoms with Crippen molar-refractivity contribution in [2.45, 2.75) is 6.92 Å². The van der Waals surface area contributed by atoms with Crippen LogP contribution in [0.4, 0.5) is 27.9 Å². The fourth-order valence-corrected chi connectivity index (χ4v) is 5.05. The molecular formula is C31H22N6O2S. The van der Waals surface area contributed by atoms with Crippen molar-refractivity contribution in [3.05, 3.63) is 114 Å². The molecule has 0 unspecified atom stereocenters. The summed E-state index contributed by atoms with van der Waals surface area (Å²) in [6.45, 7) is 2.04. The Morgan fingerprint density at radius 2 is 1.50 bits per heavy atom. The Balaban J connectivity index is 1.25. The number of hydrogen-bond donors (Lipinski definition) is 2. The summed E-state index contributed by atoms with van der Waals surface area (Å²) < 4.78 is 1.07. The molecule has 6 aromatic rings. The number of amides is 1.